The standard InChI is InChI=1S/C18H33N3O4.HI/c1-3-24-17(22)15-7-4-10-21(13-15)18(19-2)20-9-6-11-23-14-16-8-5-12-25-16;/h15-16H,3-14H2,1-2H3,(H,19,20);1H. The Labute approximate surface area is 174 Å². The molecule has 2 fully saturated rings. The van der Waals surface area contributed by atoms with E-state index in [0.29, 0.717) is 19.8 Å². The number of carbonyl (C=O) groups excluding carboxylic acids is 1. The second kappa shape index (κ2) is 13.5. The summed E-state index contributed by atoms with van der Waals surface area (Å²) in [5.74, 6) is 0.709. The van der Waals surface area contributed by atoms with E-state index >= 15 is 0 Å². The number of aliphatic imine (C=N–C) groups is 1. The lowest BCUT2D eigenvalue weighted by molar-refractivity contribution is -0.149. The number of halogens is 1. The predicted molar refractivity (Wildman–Crippen MR) is 112 cm³/mol. The molecule has 0 amide bonds. The molecule has 0 saturated carbocycles. The average molecular weight is 483 g/mol. The first kappa shape index (κ1) is 23.4. The molecular formula is C18H34IN3O4. The van der Waals surface area contributed by atoms with Crippen molar-refractivity contribution in [2.24, 2.45) is 10.9 Å². The van der Waals surface area contributed by atoms with Crippen molar-refractivity contribution in [2.75, 3.05) is 53.1 Å². The molecule has 2 unspecified atom stereocenters. The molecule has 26 heavy (non-hydrogen) atoms. The molecule has 0 bridgehead atoms. The normalized spacial score (nSPS) is 23.5. The molecule has 152 valence electrons. The van der Waals surface area contributed by atoms with Crippen molar-refractivity contribution in [3.05, 3.63) is 0 Å². The monoisotopic (exact) mass is 483 g/mol. The van der Waals surface area contributed by atoms with E-state index in [4.69, 9.17) is 14.2 Å². The number of ether oxygens (including phenoxy) is 3. The number of hydrogen-bond acceptors (Lipinski definition) is 5. The number of likely N-dealkylation sites (tertiary alicyclic amines) is 1. The molecule has 7 nitrogen and oxygen atoms in total. The third-order valence-electron chi connectivity index (χ3n) is 4.63. The summed E-state index contributed by atoms with van der Waals surface area (Å²) in [6, 6.07) is 0. The molecule has 0 spiro atoms. The van der Waals surface area contributed by atoms with E-state index in [2.05, 4.69) is 15.2 Å². The lowest BCUT2D eigenvalue weighted by atomic mass is 9.98. The molecule has 2 saturated heterocycles. The highest BCUT2D eigenvalue weighted by molar-refractivity contribution is 14.0. The van der Waals surface area contributed by atoms with Gasteiger partial charge >= 0.3 is 5.97 Å². The SMILES string of the molecule is CCOC(=O)C1CCCN(C(=NC)NCCCOCC2CCCO2)C1.I. The molecule has 2 aliphatic heterocycles. The zero-order valence-corrected chi connectivity index (χ0v) is 18.4. The maximum atomic E-state index is 12.0. The van der Waals surface area contributed by atoms with Gasteiger partial charge in [0.05, 0.1) is 25.2 Å². The molecule has 1 N–H and O–H groups in total. The van der Waals surface area contributed by atoms with Gasteiger partial charge in [-0.15, -0.1) is 24.0 Å². The van der Waals surface area contributed by atoms with Crippen LogP contribution in [0.4, 0.5) is 0 Å². The smallest absolute Gasteiger partial charge is 0.310 e. The lowest BCUT2D eigenvalue weighted by Gasteiger charge is -2.33. The van der Waals surface area contributed by atoms with Crippen LogP contribution in [0.3, 0.4) is 0 Å². The van der Waals surface area contributed by atoms with E-state index in [0.717, 1.165) is 64.4 Å². The number of hydrogen-bond donors (Lipinski definition) is 1. The Hall–Kier alpha value is -0.610. The van der Waals surface area contributed by atoms with E-state index in [1.807, 2.05) is 6.92 Å². The summed E-state index contributed by atoms with van der Waals surface area (Å²) in [7, 11) is 1.78. The predicted octanol–water partition coefficient (Wildman–Crippen LogP) is 2.04. The Morgan fingerprint density at radius 2 is 2.19 bits per heavy atom. The lowest BCUT2D eigenvalue weighted by Crippen LogP contribution is -2.48. The van der Waals surface area contributed by atoms with Gasteiger partial charge in [0.15, 0.2) is 5.96 Å². The van der Waals surface area contributed by atoms with E-state index in [1.165, 1.54) is 0 Å². The number of rotatable bonds is 8. The molecule has 0 radical (unpaired) electrons. The largest absolute Gasteiger partial charge is 0.466 e. The van der Waals surface area contributed by atoms with Crippen LogP contribution in [0, 0.1) is 5.92 Å². The van der Waals surface area contributed by atoms with Gasteiger partial charge in [-0.25, -0.2) is 0 Å². The highest BCUT2D eigenvalue weighted by Gasteiger charge is 2.28. The minimum absolute atomic E-state index is 0. The van der Waals surface area contributed by atoms with Crippen LogP contribution >= 0.6 is 24.0 Å². The topological polar surface area (TPSA) is 72.4 Å². The second-order valence-electron chi connectivity index (χ2n) is 6.57. The molecule has 2 heterocycles. The number of nitrogens with one attached hydrogen (secondary N) is 1. The van der Waals surface area contributed by atoms with Crippen LogP contribution < -0.4 is 5.32 Å². The van der Waals surface area contributed by atoms with Crippen molar-refractivity contribution in [1.82, 2.24) is 10.2 Å². The van der Waals surface area contributed by atoms with Gasteiger partial charge < -0.3 is 24.4 Å². The van der Waals surface area contributed by atoms with Gasteiger partial charge in [-0.05, 0) is 39.0 Å². The zero-order chi connectivity index (χ0) is 17.9. The summed E-state index contributed by atoms with van der Waals surface area (Å²) in [6.45, 7) is 6.97. The van der Waals surface area contributed by atoms with Gasteiger partial charge in [-0.3, -0.25) is 9.79 Å². The van der Waals surface area contributed by atoms with Crippen molar-refractivity contribution in [1.29, 1.82) is 0 Å². The summed E-state index contributed by atoms with van der Waals surface area (Å²) in [4.78, 5) is 18.5. The van der Waals surface area contributed by atoms with Crippen LogP contribution in [-0.4, -0.2) is 76.0 Å². The maximum Gasteiger partial charge on any atom is 0.310 e. The van der Waals surface area contributed by atoms with Gasteiger partial charge in [-0.2, -0.15) is 0 Å². The van der Waals surface area contributed by atoms with Crippen molar-refractivity contribution in [3.8, 4) is 0 Å². The molecule has 2 rings (SSSR count). The van der Waals surface area contributed by atoms with Crippen molar-refractivity contribution >= 4 is 35.9 Å². The van der Waals surface area contributed by atoms with Crippen molar-refractivity contribution in [3.63, 3.8) is 0 Å². The quantitative estimate of drug-likeness (QED) is 0.187. The van der Waals surface area contributed by atoms with Crippen LogP contribution in [0.25, 0.3) is 0 Å². The number of carbonyl (C=O) groups is 1. The van der Waals surface area contributed by atoms with Gasteiger partial charge in [-0.1, -0.05) is 0 Å². The van der Waals surface area contributed by atoms with Gasteiger partial charge in [0.1, 0.15) is 0 Å². The molecule has 0 aromatic heterocycles. The Balaban J connectivity index is 0.00000338. The summed E-state index contributed by atoms with van der Waals surface area (Å²) >= 11 is 0. The van der Waals surface area contributed by atoms with Crippen LogP contribution in [-0.2, 0) is 19.0 Å². The first-order chi connectivity index (χ1) is 12.2. The molecule has 0 aromatic carbocycles. The van der Waals surface area contributed by atoms with Gasteiger partial charge in [0.25, 0.3) is 0 Å². The molecular weight excluding hydrogens is 449 g/mol. The minimum atomic E-state index is -0.0924. The molecule has 0 aliphatic carbocycles. The van der Waals surface area contributed by atoms with Crippen LogP contribution in [0.1, 0.15) is 39.0 Å². The van der Waals surface area contributed by atoms with E-state index < -0.39 is 0 Å². The summed E-state index contributed by atoms with van der Waals surface area (Å²) in [5, 5.41) is 3.37. The highest BCUT2D eigenvalue weighted by Crippen LogP contribution is 2.18. The highest BCUT2D eigenvalue weighted by atomic mass is 127. The molecule has 2 aliphatic rings. The van der Waals surface area contributed by atoms with Gasteiger partial charge in [0.2, 0.25) is 0 Å². The third-order valence-corrected chi connectivity index (χ3v) is 4.63. The Morgan fingerprint density at radius 1 is 1.35 bits per heavy atom. The fourth-order valence-corrected chi connectivity index (χ4v) is 3.32. The van der Waals surface area contributed by atoms with Crippen LogP contribution in [0.2, 0.25) is 0 Å². The Bertz CT molecular complexity index is 431. The minimum Gasteiger partial charge on any atom is -0.466 e. The molecule has 2 atom stereocenters. The number of guanidine groups is 1. The fourth-order valence-electron chi connectivity index (χ4n) is 3.32. The zero-order valence-electron chi connectivity index (χ0n) is 16.1. The average Bonchev–Trinajstić information content (AvgIpc) is 3.15. The van der Waals surface area contributed by atoms with E-state index in [1.54, 1.807) is 7.05 Å². The third kappa shape index (κ3) is 7.96. The Morgan fingerprint density at radius 3 is 2.88 bits per heavy atom. The number of piperidine rings is 1. The molecule has 0 aromatic rings. The maximum absolute atomic E-state index is 12.0. The van der Waals surface area contributed by atoms with Crippen molar-refractivity contribution < 1.29 is 19.0 Å². The summed E-state index contributed by atoms with van der Waals surface area (Å²) < 4.78 is 16.4. The van der Waals surface area contributed by atoms with Crippen LogP contribution in [0.15, 0.2) is 4.99 Å². The number of nitrogens with zero attached hydrogens (tertiary/aromatic N) is 2. The van der Waals surface area contributed by atoms with E-state index in [9.17, 15) is 4.79 Å². The first-order valence-electron chi connectivity index (χ1n) is 9.56. The molecule has 8 heteroatoms. The summed E-state index contributed by atoms with van der Waals surface area (Å²) in [5.41, 5.74) is 0. The summed E-state index contributed by atoms with van der Waals surface area (Å²) in [6.07, 6.45) is 5.34. The second-order valence-corrected chi connectivity index (χ2v) is 6.57. The number of esters is 1. The van der Waals surface area contributed by atoms with Crippen molar-refractivity contribution in [2.45, 2.75) is 45.1 Å². The van der Waals surface area contributed by atoms with E-state index in [-0.39, 0.29) is 42.0 Å². The van der Waals surface area contributed by atoms with Gasteiger partial charge in [0, 0.05) is 39.9 Å². The Kier molecular flexibility index (Phi) is 12.2. The van der Waals surface area contributed by atoms with Crippen LogP contribution in [0.5, 0.6) is 0 Å². The fraction of sp³-hybridized carbons (Fsp3) is 0.889. The first-order valence-corrected chi connectivity index (χ1v) is 9.56.